The summed E-state index contributed by atoms with van der Waals surface area (Å²) in [6, 6.07) is 14.3. The van der Waals surface area contributed by atoms with Gasteiger partial charge in [0.05, 0.1) is 33.2 Å². The number of aromatic nitrogens is 1. The van der Waals surface area contributed by atoms with Crippen LogP contribution in [-0.2, 0) is 16.9 Å². The van der Waals surface area contributed by atoms with Crippen molar-refractivity contribution in [3.8, 4) is 0 Å². The van der Waals surface area contributed by atoms with E-state index in [4.69, 9.17) is 0 Å². The lowest BCUT2D eigenvalue weighted by atomic mass is 9.78. The molecule has 0 radical (unpaired) electrons. The van der Waals surface area contributed by atoms with Crippen LogP contribution in [0, 0.1) is 5.92 Å². The van der Waals surface area contributed by atoms with Crippen LogP contribution in [0.1, 0.15) is 44.1 Å². The first kappa shape index (κ1) is 22.1. The van der Waals surface area contributed by atoms with Gasteiger partial charge in [0.15, 0.2) is 5.60 Å². The van der Waals surface area contributed by atoms with E-state index < -0.39 is 5.60 Å². The monoisotopic (exact) mass is 424 g/mol. The van der Waals surface area contributed by atoms with Crippen LogP contribution in [0.3, 0.4) is 0 Å². The molecule has 1 saturated carbocycles. The van der Waals surface area contributed by atoms with E-state index in [-0.39, 0.29) is 11.8 Å². The van der Waals surface area contributed by atoms with Crippen molar-refractivity contribution in [2.24, 2.45) is 5.92 Å². The molecule has 1 unspecified atom stereocenters. The van der Waals surface area contributed by atoms with Gasteiger partial charge >= 0.3 is 0 Å². The number of hydrogen-bond donors (Lipinski definition) is 1. The maximum absolute atomic E-state index is 13.7. The molecule has 5 heteroatoms. The predicted molar refractivity (Wildman–Crippen MR) is 123 cm³/mol. The zero-order valence-corrected chi connectivity index (χ0v) is 19.1. The fourth-order valence-electron chi connectivity index (χ4n) is 5.65. The fourth-order valence-corrected chi connectivity index (χ4v) is 5.65. The van der Waals surface area contributed by atoms with E-state index in [1.54, 1.807) is 0 Å². The number of likely N-dealkylation sites (N-methyl/N-ethyl adjacent to an activating group) is 1. The van der Waals surface area contributed by atoms with Crippen molar-refractivity contribution < 1.29 is 14.4 Å². The zero-order chi connectivity index (χ0) is 21.9. The number of carbonyl (C=O) groups is 1. The number of amides is 1. The lowest BCUT2D eigenvalue weighted by Crippen LogP contribution is -2.58. The summed E-state index contributed by atoms with van der Waals surface area (Å²) in [7, 11) is 4.62. The molecule has 0 bridgehead atoms. The highest BCUT2D eigenvalue weighted by molar-refractivity contribution is 5.87. The molecule has 31 heavy (non-hydrogen) atoms. The minimum Gasteiger partial charge on any atom is -0.375 e. The van der Waals surface area contributed by atoms with Crippen molar-refractivity contribution >= 4 is 5.91 Å². The fraction of sp³-hybridized carbons (Fsp3) is 0.577. The number of benzene rings is 1. The number of likely N-dealkylation sites (tertiary alicyclic amines) is 1. The molecule has 1 saturated heterocycles. The first-order valence-corrected chi connectivity index (χ1v) is 11.9. The van der Waals surface area contributed by atoms with Gasteiger partial charge in [0.1, 0.15) is 0 Å². The molecule has 168 valence electrons. The molecule has 1 amide bonds. The highest BCUT2D eigenvalue weighted by Crippen LogP contribution is 2.42. The average Bonchev–Trinajstić information content (AvgIpc) is 3.52. The van der Waals surface area contributed by atoms with Crippen LogP contribution in [-0.4, -0.2) is 64.7 Å². The highest BCUT2D eigenvalue weighted by atomic mass is 16.3. The highest BCUT2D eigenvalue weighted by Gasteiger charge is 2.49. The second-order valence-corrected chi connectivity index (χ2v) is 10.1. The Bertz CT molecular complexity index is 835. The lowest BCUT2D eigenvalue weighted by Gasteiger charge is -2.45. The van der Waals surface area contributed by atoms with Crippen LogP contribution < -0.4 is 0 Å². The molecule has 2 heterocycles. The van der Waals surface area contributed by atoms with Crippen LogP contribution in [0.15, 0.2) is 54.9 Å². The third-order valence-corrected chi connectivity index (χ3v) is 7.83. The van der Waals surface area contributed by atoms with Crippen LogP contribution in [0.5, 0.6) is 0 Å². The molecule has 1 atom stereocenters. The largest absolute Gasteiger partial charge is 0.375 e. The maximum Gasteiger partial charge on any atom is 0.259 e. The van der Waals surface area contributed by atoms with Gasteiger partial charge in [-0.3, -0.25) is 4.79 Å². The summed E-state index contributed by atoms with van der Waals surface area (Å²) in [6.45, 7) is 3.55. The number of quaternary nitrogens is 1. The molecule has 2 fully saturated rings. The van der Waals surface area contributed by atoms with Crippen LogP contribution in [0.2, 0.25) is 0 Å². The number of nitrogens with zero attached hydrogens (tertiary/aromatic N) is 3. The molecule has 4 rings (SSSR count). The smallest absolute Gasteiger partial charge is 0.259 e. The number of hydrogen-bond acceptors (Lipinski definition) is 2. The van der Waals surface area contributed by atoms with Gasteiger partial charge < -0.3 is 19.1 Å². The summed E-state index contributed by atoms with van der Waals surface area (Å²) in [6.07, 6.45) is 10.3. The third-order valence-electron chi connectivity index (χ3n) is 7.83. The van der Waals surface area contributed by atoms with Gasteiger partial charge in [-0.25, -0.2) is 0 Å². The molecular weight excluding hydrogens is 386 g/mol. The predicted octanol–water partition coefficient (Wildman–Crippen LogP) is 3.63. The summed E-state index contributed by atoms with van der Waals surface area (Å²) in [4.78, 5) is 15.7. The van der Waals surface area contributed by atoms with Crippen molar-refractivity contribution in [2.75, 3.05) is 33.7 Å². The van der Waals surface area contributed by atoms with E-state index in [1.807, 2.05) is 35.2 Å². The van der Waals surface area contributed by atoms with Gasteiger partial charge in [-0.15, -0.1) is 0 Å². The van der Waals surface area contributed by atoms with Crippen molar-refractivity contribution in [3.63, 3.8) is 0 Å². The molecule has 2 aliphatic rings. The van der Waals surface area contributed by atoms with Crippen LogP contribution >= 0.6 is 0 Å². The molecule has 1 aliphatic heterocycles. The number of rotatable bonds is 7. The Balaban J connectivity index is 1.42. The molecule has 1 N–H and O–H groups in total. The standard InChI is InChI=1S/C26H38N3O2/c1-29(2,21-20-27-16-8-9-17-27)24-14-18-28(19-15-24)25(30)26(31,23-12-6-7-13-23)22-10-4-3-5-11-22/h3-5,8-11,16-17,23-24,31H,6-7,12-15,18-21H2,1-2H3/q+1. The third kappa shape index (κ3) is 4.58. The Morgan fingerprint density at radius 2 is 1.61 bits per heavy atom. The minimum absolute atomic E-state index is 0.0221. The Morgan fingerprint density at radius 1 is 1.00 bits per heavy atom. The Labute approximate surface area is 186 Å². The molecule has 0 spiro atoms. The van der Waals surface area contributed by atoms with Gasteiger partial charge in [0.25, 0.3) is 5.91 Å². The van der Waals surface area contributed by atoms with E-state index in [1.165, 1.54) is 0 Å². The van der Waals surface area contributed by atoms with Gasteiger partial charge in [-0.1, -0.05) is 43.2 Å². The first-order valence-electron chi connectivity index (χ1n) is 11.9. The number of carbonyl (C=O) groups excluding carboxylic acids is 1. The quantitative estimate of drug-likeness (QED) is 0.690. The molecule has 5 nitrogen and oxygen atoms in total. The topological polar surface area (TPSA) is 45.5 Å². The summed E-state index contributed by atoms with van der Waals surface area (Å²) < 4.78 is 3.20. The summed E-state index contributed by atoms with van der Waals surface area (Å²) >= 11 is 0. The van der Waals surface area contributed by atoms with E-state index in [9.17, 15) is 9.90 Å². The Kier molecular flexibility index (Phi) is 6.54. The molecule has 2 aromatic rings. The van der Waals surface area contributed by atoms with E-state index in [0.29, 0.717) is 6.04 Å². The van der Waals surface area contributed by atoms with E-state index in [0.717, 1.165) is 74.8 Å². The average molecular weight is 425 g/mol. The van der Waals surface area contributed by atoms with Crippen molar-refractivity contribution in [2.45, 2.75) is 56.7 Å². The SMILES string of the molecule is C[N+](C)(CCn1cccc1)C1CCN(C(=O)C(O)(c2ccccc2)C2CCCC2)CC1. The van der Waals surface area contributed by atoms with Gasteiger partial charge in [0.2, 0.25) is 0 Å². The normalized spacial score (nSPS) is 20.7. The van der Waals surface area contributed by atoms with Crippen molar-refractivity contribution in [1.82, 2.24) is 9.47 Å². The minimum atomic E-state index is -1.39. The molecule has 1 aromatic carbocycles. The van der Waals surface area contributed by atoms with Gasteiger partial charge in [-0.2, -0.15) is 0 Å². The first-order chi connectivity index (χ1) is 14.9. The molecule has 1 aromatic heterocycles. The van der Waals surface area contributed by atoms with Gasteiger partial charge in [0, 0.05) is 44.2 Å². The lowest BCUT2D eigenvalue weighted by molar-refractivity contribution is -0.916. The number of piperidine rings is 1. The summed E-state index contributed by atoms with van der Waals surface area (Å²) in [5, 5.41) is 11.8. The zero-order valence-electron chi connectivity index (χ0n) is 19.1. The van der Waals surface area contributed by atoms with Gasteiger partial charge in [-0.05, 0) is 30.5 Å². The van der Waals surface area contributed by atoms with Crippen molar-refractivity contribution in [1.29, 1.82) is 0 Å². The summed E-state index contributed by atoms with van der Waals surface area (Å²) in [5.74, 6) is -0.0596. The van der Waals surface area contributed by atoms with Crippen LogP contribution in [0.4, 0.5) is 0 Å². The van der Waals surface area contributed by atoms with Crippen LogP contribution in [0.25, 0.3) is 0 Å². The molecular formula is C26H38N3O2+. The number of aliphatic hydroxyl groups is 1. The Hall–Kier alpha value is -2.11. The molecule has 1 aliphatic carbocycles. The van der Waals surface area contributed by atoms with E-state index in [2.05, 4.69) is 43.2 Å². The van der Waals surface area contributed by atoms with E-state index >= 15 is 0 Å². The summed E-state index contributed by atoms with van der Waals surface area (Å²) in [5.41, 5.74) is -0.625. The Morgan fingerprint density at radius 3 is 2.23 bits per heavy atom. The maximum atomic E-state index is 13.7. The second-order valence-electron chi connectivity index (χ2n) is 10.1. The second kappa shape index (κ2) is 9.17. The van der Waals surface area contributed by atoms with Crippen molar-refractivity contribution in [3.05, 3.63) is 60.4 Å².